The van der Waals surface area contributed by atoms with Crippen LogP contribution in [0.3, 0.4) is 0 Å². The number of pyridine rings is 1. The largest absolute Gasteiger partial charge is 0.419 e. The van der Waals surface area contributed by atoms with Crippen LogP contribution in [0.25, 0.3) is 11.3 Å². The van der Waals surface area contributed by atoms with Crippen LogP contribution in [0.1, 0.15) is 5.56 Å². The number of rotatable bonds is 1. The third-order valence-electron chi connectivity index (χ3n) is 2.28. The van der Waals surface area contributed by atoms with Crippen molar-refractivity contribution in [3.8, 4) is 11.3 Å². The maximum Gasteiger partial charge on any atom is 0.419 e. The molecule has 0 aliphatic carbocycles. The van der Waals surface area contributed by atoms with E-state index in [1.54, 1.807) is 6.07 Å². The van der Waals surface area contributed by atoms with Crippen LogP contribution in [0, 0.1) is 5.82 Å². The molecular formula is C12H6ClF4N. The fourth-order valence-corrected chi connectivity index (χ4v) is 1.63. The van der Waals surface area contributed by atoms with Crippen molar-refractivity contribution in [3.63, 3.8) is 0 Å². The lowest BCUT2D eigenvalue weighted by molar-refractivity contribution is -0.139. The molecule has 0 atom stereocenters. The molecule has 94 valence electrons. The summed E-state index contributed by atoms with van der Waals surface area (Å²) in [5.41, 5.74) is -0.902. The van der Waals surface area contributed by atoms with Gasteiger partial charge in [0.2, 0.25) is 0 Å². The number of hydrogen-bond donors (Lipinski definition) is 0. The molecule has 0 amide bonds. The monoisotopic (exact) mass is 275 g/mol. The van der Waals surface area contributed by atoms with Crippen LogP contribution >= 0.6 is 11.6 Å². The molecule has 1 nitrogen and oxygen atoms in total. The van der Waals surface area contributed by atoms with Gasteiger partial charge in [-0.25, -0.2) is 9.37 Å². The number of nitrogens with zero attached hydrogens (tertiary/aromatic N) is 1. The summed E-state index contributed by atoms with van der Waals surface area (Å²) in [5.74, 6) is -1.31. The van der Waals surface area contributed by atoms with E-state index in [2.05, 4.69) is 4.98 Å². The van der Waals surface area contributed by atoms with E-state index in [9.17, 15) is 17.6 Å². The van der Waals surface area contributed by atoms with Crippen LogP contribution in [-0.2, 0) is 6.18 Å². The van der Waals surface area contributed by atoms with Crippen LogP contribution in [0.2, 0.25) is 5.15 Å². The Morgan fingerprint density at radius 3 is 2.39 bits per heavy atom. The number of hydrogen-bond acceptors (Lipinski definition) is 1. The molecule has 0 spiro atoms. The van der Waals surface area contributed by atoms with E-state index in [0.717, 1.165) is 6.07 Å². The molecule has 0 saturated carbocycles. The van der Waals surface area contributed by atoms with E-state index in [-0.39, 0.29) is 16.4 Å². The maximum absolute atomic E-state index is 13.1. The molecule has 1 aromatic heterocycles. The normalized spacial score (nSPS) is 11.6. The SMILES string of the molecule is Fc1ccc(-c2cccc(Cl)n2)cc1C(F)(F)F. The Morgan fingerprint density at radius 1 is 1.06 bits per heavy atom. The van der Waals surface area contributed by atoms with Gasteiger partial charge < -0.3 is 0 Å². The van der Waals surface area contributed by atoms with Crippen molar-refractivity contribution in [2.24, 2.45) is 0 Å². The Labute approximate surface area is 105 Å². The second-order valence-electron chi connectivity index (χ2n) is 3.54. The molecular weight excluding hydrogens is 270 g/mol. The van der Waals surface area contributed by atoms with E-state index >= 15 is 0 Å². The summed E-state index contributed by atoms with van der Waals surface area (Å²) in [6, 6.07) is 7.26. The minimum Gasteiger partial charge on any atom is -0.236 e. The second-order valence-corrected chi connectivity index (χ2v) is 3.93. The van der Waals surface area contributed by atoms with E-state index in [1.807, 2.05) is 0 Å². The van der Waals surface area contributed by atoms with Gasteiger partial charge in [-0.05, 0) is 30.3 Å². The first kappa shape index (κ1) is 12.8. The molecule has 0 unspecified atom stereocenters. The summed E-state index contributed by atoms with van der Waals surface area (Å²) in [4.78, 5) is 3.87. The van der Waals surface area contributed by atoms with Gasteiger partial charge in [-0.15, -0.1) is 0 Å². The third kappa shape index (κ3) is 2.61. The molecule has 0 fully saturated rings. The van der Waals surface area contributed by atoms with Crippen LogP contribution in [-0.4, -0.2) is 4.98 Å². The number of alkyl halides is 3. The summed E-state index contributed by atoms with van der Waals surface area (Å²) < 4.78 is 50.7. The molecule has 0 saturated heterocycles. The molecule has 2 rings (SSSR count). The van der Waals surface area contributed by atoms with Gasteiger partial charge in [0.1, 0.15) is 11.0 Å². The van der Waals surface area contributed by atoms with Gasteiger partial charge >= 0.3 is 6.18 Å². The Bertz CT molecular complexity index is 581. The molecule has 0 aliphatic rings. The van der Waals surface area contributed by atoms with Gasteiger partial charge in [-0.3, -0.25) is 0 Å². The topological polar surface area (TPSA) is 12.9 Å². The first-order valence-electron chi connectivity index (χ1n) is 4.87. The molecule has 0 bridgehead atoms. The van der Waals surface area contributed by atoms with Gasteiger partial charge in [0.25, 0.3) is 0 Å². The lowest BCUT2D eigenvalue weighted by Crippen LogP contribution is -2.08. The highest BCUT2D eigenvalue weighted by Crippen LogP contribution is 2.34. The number of halogens is 5. The molecule has 0 radical (unpaired) electrons. The van der Waals surface area contributed by atoms with Crippen molar-refractivity contribution in [3.05, 3.63) is 52.9 Å². The molecule has 6 heteroatoms. The highest BCUT2D eigenvalue weighted by molar-refractivity contribution is 6.29. The van der Waals surface area contributed by atoms with E-state index in [0.29, 0.717) is 6.07 Å². The number of aromatic nitrogens is 1. The fourth-order valence-electron chi connectivity index (χ4n) is 1.47. The highest BCUT2D eigenvalue weighted by Gasteiger charge is 2.34. The fraction of sp³-hybridized carbons (Fsp3) is 0.0833. The van der Waals surface area contributed by atoms with E-state index in [4.69, 9.17) is 11.6 Å². The van der Waals surface area contributed by atoms with Crippen molar-refractivity contribution in [2.75, 3.05) is 0 Å². The van der Waals surface area contributed by atoms with Crippen molar-refractivity contribution in [1.29, 1.82) is 0 Å². The standard InChI is InChI=1S/C12H6ClF4N/c13-11-3-1-2-10(18-11)7-4-5-9(14)8(6-7)12(15,16)17/h1-6H. The maximum atomic E-state index is 13.1. The quantitative estimate of drug-likeness (QED) is 0.549. The van der Waals surface area contributed by atoms with Crippen molar-refractivity contribution < 1.29 is 17.6 Å². The van der Waals surface area contributed by atoms with Crippen LogP contribution < -0.4 is 0 Å². The van der Waals surface area contributed by atoms with E-state index < -0.39 is 17.6 Å². The average molecular weight is 276 g/mol. The minimum absolute atomic E-state index is 0.158. The Hall–Kier alpha value is -1.62. The molecule has 18 heavy (non-hydrogen) atoms. The first-order chi connectivity index (χ1) is 8.38. The number of benzene rings is 1. The Kier molecular flexibility index (Phi) is 3.26. The summed E-state index contributed by atoms with van der Waals surface area (Å²) in [6.45, 7) is 0. The lowest BCUT2D eigenvalue weighted by Gasteiger charge is -2.09. The van der Waals surface area contributed by atoms with Crippen LogP contribution in [0.4, 0.5) is 17.6 Å². The van der Waals surface area contributed by atoms with Gasteiger partial charge in [-0.2, -0.15) is 13.2 Å². The van der Waals surface area contributed by atoms with Gasteiger partial charge in [-0.1, -0.05) is 17.7 Å². The summed E-state index contributed by atoms with van der Waals surface area (Å²) in [6.07, 6.45) is -4.74. The molecule has 0 aliphatic heterocycles. The third-order valence-corrected chi connectivity index (χ3v) is 2.49. The van der Waals surface area contributed by atoms with Crippen molar-refractivity contribution >= 4 is 11.6 Å². The summed E-state index contributed by atoms with van der Waals surface area (Å²) >= 11 is 5.65. The molecule has 0 N–H and O–H groups in total. The molecule has 1 heterocycles. The van der Waals surface area contributed by atoms with E-state index in [1.165, 1.54) is 18.2 Å². The zero-order chi connectivity index (χ0) is 13.3. The molecule has 1 aromatic carbocycles. The first-order valence-corrected chi connectivity index (χ1v) is 5.25. The summed E-state index contributed by atoms with van der Waals surface area (Å²) in [5, 5.41) is 0.158. The van der Waals surface area contributed by atoms with Gasteiger partial charge in [0.05, 0.1) is 11.3 Å². The highest BCUT2D eigenvalue weighted by atomic mass is 35.5. The van der Waals surface area contributed by atoms with Crippen molar-refractivity contribution in [1.82, 2.24) is 4.98 Å². The predicted molar refractivity (Wildman–Crippen MR) is 59.6 cm³/mol. The lowest BCUT2D eigenvalue weighted by atomic mass is 10.1. The van der Waals surface area contributed by atoms with Gasteiger partial charge in [0, 0.05) is 5.56 Å². The smallest absolute Gasteiger partial charge is 0.236 e. The average Bonchev–Trinajstić information content (AvgIpc) is 2.28. The van der Waals surface area contributed by atoms with Crippen molar-refractivity contribution in [2.45, 2.75) is 6.18 Å². The Balaban J connectivity index is 2.54. The van der Waals surface area contributed by atoms with Crippen LogP contribution in [0.15, 0.2) is 36.4 Å². The van der Waals surface area contributed by atoms with Gasteiger partial charge in [0.15, 0.2) is 0 Å². The Morgan fingerprint density at radius 2 is 1.78 bits per heavy atom. The summed E-state index contributed by atoms with van der Waals surface area (Å²) in [7, 11) is 0. The molecule has 2 aromatic rings. The second kappa shape index (κ2) is 4.57. The zero-order valence-electron chi connectivity index (χ0n) is 8.80. The minimum atomic E-state index is -4.74. The van der Waals surface area contributed by atoms with Crippen LogP contribution in [0.5, 0.6) is 0 Å². The zero-order valence-corrected chi connectivity index (χ0v) is 9.56. The predicted octanol–water partition coefficient (Wildman–Crippen LogP) is 4.56.